The van der Waals surface area contributed by atoms with Crippen LogP contribution in [0.5, 0.6) is 11.5 Å². The molecule has 6 nitrogen and oxygen atoms in total. The van der Waals surface area contributed by atoms with Crippen LogP contribution in [0.25, 0.3) is 0 Å². The summed E-state index contributed by atoms with van der Waals surface area (Å²) >= 11 is 5.94. The number of allylic oxidation sites excluding steroid dienone is 1. The predicted octanol–water partition coefficient (Wildman–Crippen LogP) is 4.40. The Labute approximate surface area is 177 Å². The van der Waals surface area contributed by atoms with Gasteiger partial charge in [-0.05, 0) is 30.7 Å². The zero-order valence-corrected chi connectivity index (χ0v) is 16.8. The van der Waals surface area contributed by atoms with Gasteiger partial charge in [0.1, 0.15) is 35.5 Å². The van der Waals surface area contributed by atoms with E-state index in [1.165, 1.54) is 0 Å². The number of fused-ring (bicyclic) bond motifs is 1. The number of rotatable bonds is 4. The standard InChI is InChI=1S/C23H17ClN2O4/c1-13-10-19-21(23(27)29-13)20(17(11-25)22(26)30-19)16-4-2-3-5-18(16)28-12-14-6-8-15(24)9-7-14/h2-10,20H,12,26H2,1H3/t20-/m1/s1. The van der Waals surface area contributed by atoms with Crippen LogP contribution in [-0.2, 0) is 6.61 Å². The fourth-order valence-corrected chi connectivity index (χ4v) is 3.55. The van der Waals surface area contributed by atoms with E-state index in [2.05, 4.69) is 6.07 Å². The fourth-order valence-electron chi connectivity index (χ4n) is 3.42. The minimum atomic E-state index is -0.767. The van der Waals surface area contributed by atoms with E-state index in [4.69, 9.17) is 31.2 Å². The highest BCUT2D eigenvalue weighted by molar-refractivity contribution is 6.30. The first-order valence-corrected chi connectivity index (χ1v) is 9.54. The van der Waals surface area contributed by atoms with Crippen LogP contribution in [0.4, 0.5) is 0 Å². The summed E-state index contributed by atoms with van der Waals surface area (Å²) in [5.74, 6) is 0.367. The second-order valence-corrected chi connectivity index (χ2v) is 7.24. The van der Waals surface area contributed by atoms with Crippen LogP contribution < -0.4 is 20.8 Å². The van der Waals surface area contributed by atoms with E-state index < -0.39 is 11.5 Å². The van der Waals surface area contributed by atoms with Gasteiger partial charge >= 0.3 is 5.63 Å². The van der Waals surface area contributed by atoms with Gasteiger partial charge in [-0.3, -0.25) is 0 Å². The first-order chi connectivity index (χ1) is 14.5. The van der Waals surface area contributed by atoms with E-state index in [0.717, 1.165) is 5.56 Å². The van der Waals surface area contributed by atoms with Crippen LogP contribution in [0.1, 0.15) is 28.4 Å². The molecule has 1 atom stereocenters. The maximum absolute atomic E-state index is 12.7. The molecule has 7 heteroatoms. The molecule has 4 rings (SSSR count). The molecule has 2 N–H and O–H groups in total. The van der Waals surface area contributed by atoms with Gasteiger partial charge in [-0.1, -0.05) is 41.9 Å². The Morgan fingerprint density at radius 1 is 1.20 bits per heavy atom. The molecular formula is C23H17ClN2O4. The normalized spacial score (nSPS) is 15.2. The highest BCUT2D eigenvalue weighted by Crippen LogP contribution is 2.43. The molecule has 0 unspecified atom stereocenters. The third-order valence-electron chi connectivity index (χ3n) is 4.79. The molecule has 0 aliphatic carbocycles. The van der Waals surface area contributed by atoms with Crippen molar-refractivity contribution in [2.45, 2.75) is 19.4 Å². The van der Waals surface area contributed by atoms with E-state index in [-0.39, 0.29) is 29.4 Å². The Kier molecular flexibility index (Phi) is 5.21. The van der Waals surface area contributed by atoms with Gasteiger partial charge in [-0.2, -0.15) is 5.26 Å². The Morgan fingerprint density at radius 3 is 2.67 bits per heavy atom. The largest absolute Gasteiger partial charge is 0.489 e. The van der Waals surface area contributed by atoms with Crippen molar-refractivity contribution in [3.63, 3.8) is 0 Å². The summed E-state index contributed by atoms with van der Waals surface area (Å²) in [7, 11) is 0. The minimum absolute atomic E-state index is 0.0486. The molecular weight excluding hydrogens is 404 g/mol. The lowest BCUT2D eigenvalue weighted by Gasteiger charge is -2.26. The molecule has 2 aromatic carbocycles. The fraction of sp³-hybridized carbons (Fsp3) is 0.130. The van der Waals surface area contributed by atoms with Crippen molar-refractivity contribution in [2.75, 3.05) is 0 Å². The summed E-state index contributed by atoms with van der Waals surface area (Å²) in [5.41, 5.74) is 7.31. The predicted molar refractivity (Wildman–Crippen MR) is 111 cm³/mol. The Hall–Kier alpha value is -3.69. The zero-order valence-electron chi connectivity index (χ0n) is 16.0. The molecule has 30 heavy (non-hydrogen) atoms. The van der Waals surface area contributed by atoms with Crippen LogP contribution in [0.15, 0.2) is 75.3 Å². The Morgan fingerprint density at radius 2 is 1.93 bits per heavy atom. The summed E-state index contributed by atoms with van der Waals surface area (Å²) < 4.78 is 16.9. The molecule has 1 aromatic heterocycles. The number of para-hydroxylation sites is 1. The van der Waals surface area contributed by atoms with E-state index in [1.807, 2.05) is 18.2 Å². The quantitative estimate of drug-likeness (QED) is 0.671. The highest BCUT2D eigenvalue weighted by Gasteiger charge is 2.35. The minimum Gasteiger partial charge on any atom is -0.489 e. The van der Waals surface area contributed by atoms with Gasteiger partial charge < -0.3 is 19.6 Å². The third-order valence-corrected chi connectivity index (χ3v) is 5.05. The number of benzene rings is 2. The molecule has 0 saturated heterocycles. The number of hydrogen-bond acceptors (Lipinski definition) is 6. The second kappa shape index (κ2) is 7.97. The molecule has 0 amide bonds. The smallest absolute Gasteiger partial charge is 0.343 e. The lowest BCUT2D eigenvalue weighted by atomic mass is 9.84. The third kappa shape index (κ3) is 3.63. The maximum atomic E-state index is 12.7. The molecule has 0 radical (unpaired) electrons. The summed E-state index contributed by atoms with van der Waals surface area (Å²) in [6.07, 6.45) is 0. The van der Waals surface area contributed by atoms with Gasteiger partial charge in [0.2, 0.25) is 5.88 Å². The first kappa shape index (κ1) is 19.6. The van der Waals surface area contributed by atoms with Crippen molar-refractivity contribution in [1.29, 1.82) is 5.26 Å². The van der Waals surface area contributed by atoms with Crippen molar-refractivity contribution in [1.82, 2.24) is 0 Å². The average molecular weight is 421 g/mol. The van der Waals surface area contributed by atoms with E-state index in [9.17, 15) is 10.1 Å². The van der Waals surface area contributed by atoms with E-state index in [1.54, 1.807) is 43.3 Å². The van der Waals surface area contributed by atoms with Crippen molar-refractivity contribution in [3.8, 4) is 17.6 Å². The lowest BCUT2D eigenvalue weighted by molar-refractivity contribution is 0.301. The number of aryl methyl sites for hydroxylation is 1. The topological polar surface area (TPSA) is 98.5 Å². The number of nitrogens with two attached hydrogens (primary N) is 1. The Bertz CT molecular complexity index is 1240. The second-order valence-electron chi connectivity index (χ2n) is 6.80. The summed E-state index contributed by atoms with van der Waals surface area (Å²) in [6, 6.07) is 18.1. The van der Waals surface area contributed by atoms with Crippen LogP contribution in [0, 0.1) is 18.3 Å². The van der Waals surface area contributed by atoms with Gasteiger partial charge in [0.25, 0.3) is 0 Å². The summed E-state index contributed by atoms with van der Waals surface area (Å²) in [5, 5.41) is 10.4. The lowest BCUT2D eigenvalue weighted by Crippen LogP contribution is -2.26. The van der Waals surface area contributed by atoms with Crippen LogP contribution in [0.3, 0.4) is 0 Å². The number of nitriles is 1. The van der Waals surface area contributed by atoms with Crippen molar-refractivity contribution in [2.24, 2.45) is 5.73 Å². The molecule has 2 heterocycles. The number of nitrogens with zero attached hydrogens (tertiary/aromatic N) is 1. The average Bonchev–Trinajstić information content (AvgIpc) is 2.72. The molecule has 0 bridgehead atoms. The van der Waals surface area contributed by atoms with Crippen molar-refractivity contribution < 1.29 is 13.9 Å². The van der Waals surface area contributed by atoms with E-state index in [0.29, 0.717) is 22.1 Å². The van der Waals surface area contributed by atoms with Crippen LogP contribution in [0.2, 0.25) is 5.02 Å². The van der Waals surface area contributed by atoms with Gasteiger partial charge in [-0.25, -0.2) is 4.79 Å². The highest BCUT2D eigenvalue weighted by atomic mass is 35.5. The zero-order chi connectivity index (χ0) is 21.3. The van der Waals surface area contributed by atoms with Gasteiger partial charge in [0, 0.05) is 16.7 Å². The first-order valence-electron chi connectivity index (χ1n) is 9.16. The van der Waals surface area contributed by atoms with Gasteiger partial charge in [-0.15, -0.1) is 0 Å². The number of ether oxygens (including phenoxy) is 2. The summed E-state index contributed by atoms with van der Waals surface area (Å²) in [6.45, 7) is 1.93. The molecule has 150 valence electrons. The molecule has 0 fully saturated rings. The molecule has 0 spiro atoms. The number of hydrogen-bond donors (Lipinski definition) is 1. The molecule has 3 aromatic rings. The molecule has 1 aliphatic heterocycles. The van der Waals surface area contributed by atoms with Crippen molar-refractivity contribution >= 4 is 11.6 Å². The Balaban J connectivity index is 1.79. The van der Waals surface area contributed by atoms with Crippen LogP contribution >= 0.6 is 11.6 Å². The van der Waals surface area contributed by atoms with E-state index >= 15 is 0 Å². The van der Waals surface area contributed by atoms with Gasteiger partial charge in [0.05, 0.1) is 11.5 Å². The molecule has 0 saturated carbocycles. The van der Waals surface area contributed by atoms with Crippen molar-refractivity contribution in [3.05, 3.63) is 104 Å². The monoisotopic (exact) mass is 420 g/mol. The van der Waals surface area contributed by atoms with Crippen LogP contribution in [-0.4, -0.2) is 0 Å². The number of halogens is 1. The van der Waals surface area contributed by atoms with Gasteiger partial charge in [0.15, 0.2) is 0 Å². The SMILES string of the molecule is Cc1cc2c(c(=O)o1)[C@H](c1ccccc1OCc1ccc(Cl)cc1)C(C#N)=C(N)O2. The summed E-state index contributed by atoms with van der Waals surface area (Å²) in [4.78, 5) is 12.7. The molecule has 1 aliphatic rings. The maximum Gasteiger partial charge on any atom is 0.343 e.